The second-order valence-electron chi connectivity index (χ2n) is 11.2. The van der Waals surface area contributed by atoms with E-state index >= 15 is 0 Å². The lowest BCUT2D eigenvalue weighted by Gasteiger charge is -2.20. The molecule has 3 aromatic rings. The summed E-state index contributed by atoms with van der Waals surface area (Å²) in [4.78, 5) is 27.1. The molecule has 2 aromatic carbocycles. The summed E-state index contributed by atoms with van der Waals surface area (Å²) in [5.41, 5.74) is 0.685. The number of aromatic nitrogens is 2. The first kappa shape index (κ1) is 37.5. The third-order valence-corrected chi connectivity index (χ3v) is 7.44. The number of hydrogen-bond donors (Lipinski definition) is 3. The van der Waals surface area contributed by atoms with E-state index in [4.69, 9.17) is 25.0 Å². The minimum atomic E-state index is -5.12. The van der Waals surface area contributed by atoms with E-state index in [0.717, 1.165) is 5.56 Å². The van der Waals surface area contributed by atoms with E-state index in [0.29, 0.717) is 44.6 Å². The Morgan fingerprint density at radius 2 is 1.36 bits per heavy atom. The number of rotatable bonds is 12. The van der Waals surface area contributed by atoms with Crippen molar-refractivity contribution in [3.05, 3.63) is 74.5 Å². The van der Waals surface area contributed by atoms with Crippen LogP contribution >= 0.6 is 31.9 Å². The number of carbonyl (C=O) groups is 2. The maximum absolute atomic E-state index is 13.1. The fourth-order valence-electron chi connectivity index (χ4n) is 4.03. The summed E-state index contributed by atoms with van der Waals surface area (Å²) in [6, 6.07) is 10.0. The monoisotopic (exact) mass is 786 g/mol. The molecule has 0 spiro atoms. The van der Waals surface area contributed by atoms with Crippen LogP contribution in [-0.4, -0.2) is 57.7 Å². The SMILES string of the molecule is CC(=N)c1ccc(OCCCn2ccn(CCCOc3ccc(C(=N)NC(=O)OC(C)(C)C)cc3Br)c2=NC(=O)C(F)(F)F)c(Br)c1. The standard InChI is InChI=1S/C31H35Br2F3N6O5/c1-19(37)20-7-9-24(22(32)17-20)45-15-5-11-41-13-14-42(28(41)40-27(43)31(34,35)36)12-6-16-46-25-10-8-21(18-23(25)33)26(38)39-29(44)47-30(2,3)4/h7-10,13-14,17-18,37H,5-6,11-12,15-16H2,1-4H3,(H2,38,39,44). The van der Waals surface area contributed by atoms with E-state index in [1.54, 1.807) is 76.5 Å². The van der Waals surface area contributed by atoms with Gasteiger partial charge in [0.25, 0.3) is 0 Å². The maximum atomic E-state index is 13.1. The van der Waals surface area contributed by atoms with Crippen molar-refractivity contribution in [2.24, 2.45) is 4.99 Å². The Labute approximate surface area is 286 Å². The van der Waals surface area contributed by atoms with Crippen LogP contribution in [0.15, 0.2) is 62.7 Å². The fraction of sp³-hybridized carbons (Fsp3) is 0.387. The molecule has 0 aliphatic rings. The van der Waals surface area contributed by atoms with Crippen LogP contribution in [0.1, 0.15) is 51.7 Å². The molecule has 0 unspecified atom stereocenters. The Kier molecular flexibility index (Phi) is 13.0. The van der Waals surface area contributed by atoms with Gasteiger partial charge >= 0.3 is 18.2 Å². The molecule has 47 heavy (non-hydrogen) atoms. The highest BCUT2D eigenvalue weighted by Crippen LogP contribution is 2.27. The van der Waals surface area contributed by atoms with Gasteiger partial charge in [0.2, 0.25) is 5.62 Å². The number of carbonyl (C=O) groups excluding carboxylic acids is 2. The molecule has 0 radical (unpaired) electrons. The van der Waals surface area contributed by atoms with Crippen LogP contribution in [0.3, 0.4) is 0 Å². The lowest BCUT2D eigenvalue weighted by atomic mass is 10.1. The number of nitrogens with one attached hydrogen (secondary N) is 3. The van der Waals surface area contributed by atoms with E-state index in [-0.39, 0.29) is 37.8 Å². The van der Waals surface area contributed by atoms with Gasteiger partial charge in [0.15, 0.2) is 0 Å². The second kappa shape index (κ2) is 16.3. The summed E-state index contributed by atoms with van der Waals surface area (Å²) in [6.07, 6.45) is -2.00. The molecule has 1 heterocycles. The van der Waals surface area contributed by atoms with Crippen molar-refractivity contribution in [2.75, 3.05) is 13.2 Å². The van der Waals surface area contributed by atoms with Gasteiger partial charge in [0, 0.05) is 36.8 Å². The van der Waals surface area contributed by atoms with Crippen LogP contribution in [0.25, 0.3) is 0 Å². The van der Waals surface area contributed by atoms with E-state index in [2.05, 4.69) is 42.2 Å². The van der Waals surface area contributed by atoms with Crippen molar-refractivity contribution in [2.45, 2.75) is 65.4 Å². The largest absolute Gasteiger partial charge is 0.492 e. The highest BCUT2D eigenvalue weighted by atomic mass is 79.9. The topological polar surface area (TPSA) is 144 Å². The molecule has 0 aliphatic carbocycles. The summed E-state index contributed by atoms with van der Waals surface area (Å²) in [5, 5.41) is 18.2. The average Bonchev–Trinajstić information content (AvgIpc) is 3.33. The third-order valence-electron chi connectivity index (χ3n) is 6.20. The molecule has 0 saturated heterocycles. The highest BCUT2D eigenvalue weighted by Gasteiger charge is 2.38. The summed E-state index contributed by atoms with van der Waals surface area (Å²) < 4.78 is 60.1. The maximum Gasteiger partial charge on any atom is 0.473 e. The first-order valence-electron chi connectivity index (χ1n) is 14.3. The number of halogens is 5. The van der Waals surface area contributed by atoms with Gasteiger partial charge in [0.1, 0.15) is 22.9 Å². The number of amidine groups is 1. The van der Waals surface area contributed by atoms with Crippen molar-refractivity contribution in [1.29, 1.82) is 10.8 Å². The van der Waals surface area contributed by atoms with Gasteiger partial charge in [-0.1, -0.05) is 0 Å². The van der Waals surface area contributed by atoms with Gasteiger partial charge in [-0.25, -0.2) is 4.79 Å². The summed E-state index contributed by atoms with van der Waals surface area (Å²) in [5.74, 6) is -1.36. The van der Waals surface area contributed by atoms with E-state index in [1.165, 1.54) is 9.13 Å². The van der Waals surface area contributed by atoms with Crippen molar-refractivity contribution in [3.8, 4) is 11.5 Å². The van der Waals surface area contributed by atoms with Gasteiger partial charge in [-0.2, -0.15) is 18.2 Å². The number of hydrogen-bond acceptors (Lipinski definition) is 7. The van der Waals surface area contributed by atoms with Gasteiger partial charge in [0.05, 0.1) is 22.2 Å². The number of imidazole rings is 1. The number of ether oxygens (including phenoxy) is 3. The minimum Gasteiger partial charge on any atom is -0.492 e. The lowest BCUT2D eigenvalue weighted by Crippen LogP contribution is -2.36. The quantitative estimate of drug-likeness (QED) is 0.103. The van der Waals surface area contributed by atoms with E-state index in [1.807, 2.05) is 0 Å². The minimum absolute atomic E-state index is 0.152. The summed E-state index contributed by atoms with van der Waals surface area (Å²) in [7, 11) is 0. The molecule has 3 N–H and O–H groups in total. The summed E-state index contributed by atoms with van der Waals surface area (Å²) in [6.45, 7) is 7.67. The normalized spacial score (nSPS) is 12.1. The van der Waals surface area contributed by atoms with Gasteiger partial charge < -0.3 is 28.8 Å². The zero-order valence-electron chi connectivity index (χ0n) is 26.1. The predicted molar refractivity (Wildman–Crippen MR) is 176 cm³/mol. The molecule has 0 aliphatic heterocycles. The second-order valence-corrected chi connectivity index (χ2v) is 12.9. The molecule has 2 amide bonds. The van der Waals surface area contributed by atoms with E-state index < -0.39 is 23.8 Å². The molecule has 0 fully saturated rings. The molecule has 0 bridgehead atoms. The number of alkyl carbamates (subject to hydrolysis) is 1. The van der Waals surface area contributed by atoms with Crippen LogP contribution < -0.4 is 20.4 Å². The zero-order chi connectivity index (χ0) is 34.9. The van der Waals surface area contributed by atoms with Gasteiger partial charge in [-0.15, -0.1) is 0 Å². The predicted octanol–water partition coefficient (Wildman–Crippen LogP) is 6.98. The Morgan fingerprint density at radius 3 is 1.81 bits per heavy atom. The van der Waals surface area contributed by atoms with Crippen molar-refractivity contribution in [1.82, 2.24) is 14.5 Å². The molecule has 11 nitrogen and oxygen atoms in total. The van der Waals surface area contributed by atoms with Crippen LogP contribution in [0.2, 0.25) is 0 Å². The van der Waals surface area contributed by atoms with Gasteiger partial charge in [-0.3, -0.25) is 15.5 Å². The van der Waals surface area contributed by atoms with Crippen LogP contribution in [0.4, 0.5) is 18.0 Å². The molecular weight excluding hydrogens is 753 g/mol. The van der Waals surface area contributed by atoms with E-state index in [9.17, 15) is 22.8 Å². The smallest absolute Gasteiger partial charge is 0.473 e. The molecule has 3 rings (SSSR count). The third kappa shape index (κ3) is 11.7. The average molecular weight is 788 g/mol. The van der Waals surface area contributed by atoms with Gasteiger partial charge in [-0.05, 0) is 114 Å². The Morgan fingerprint density at radius 1 is 0.872 bits per heavy atom. The molecular formula is C31H35Br2F3N6O5. The fourth-order valence-corrected chi connectivity index (χ4v) is 5.01. The zero-order valence-corrected chi connectivity index (χ0v) is 29.3. The van der Waals surface area contributed by atoms with Crippen molar-refractivity contribution in [3.63, 3.8) is 0 Å². The van der Waals surface area contributed by atoms with Crippen LogP contribution in [-0.2, 0) is 22.6 Å². The number of nitrogens with zero attached hydrogens (tertiary/aromatic N) is 3. The first-order chi connectivity index (χ1) is 21.9. The molecule has 0 saturated carbocycles. The van der Waals surface area contributed by atoms with Crippen LogP contribution in [0.5, 0.6) is 11.5 Å². The number of aryl methyl sites for hydroxylation is 2. The Hall–Kier alpha value is -3.92. The molecule has 1 aromatic heterocycles. The van der Waals surface area contributed by atoms with Crippen molar-refractivity contribution < 1.29 is 37.0 Å². The molecule has 254 valence electrons. The summed E-state index contributed by atoms with van der Waals surface area (Å²) >= 11 is 6.81. The first-order valence-corrected chi connectivity index (χ1v) is 15.9. The molecule has 0 atom stereocenters. The number of alkyl halides is 3. The number of amides is 2. The molecule has 16 heteroatoms. The Bertz CT molecular complexity index is 1700. The highest BCUT2D eigenvalue weighted by molar-refractivity contribution is 9.10. The Balaban J connectivity index is 1.61. The van der Waals surface area contributed by atoms with Crippen molar-refractivity contribution >= 4 is 55.4 Å². The lowest BCUT2D eigenvalue weighted by molar-refractivity contribution is -0.169. The number of benzene rings is 2. The van der Waals surface area contributed by atoms with Crippen LogP contribution in [0, 0.1) is 10.8 Å².